The molecule has 32 heavy (non-hydrogen) atoms. The summed E-state index contributed by atoms with van der Waals surface area (Å²) in [6.07, 6.45) is -3.16. The van der Waals surface area contributed by atoms with Crippen molar-refractivity contribution >= 4 is 34.5 Å². The number of alkyl halides is 3. The van der Waals surface area contributed by atoms with Crippen LogP contribution in [-0.2, 0) is 11.0 Å². The second kappa shape index (κ2) is 8.83. The standard InChI is InChI=1S/C20H15F3N6O2S/c1-31-15-7-5-14(6-8-15)29-18-17(27-28-29)19(25-11-24-18)32-10-16(30)26-13-4-2-3-12(9-13)20(21,22)23/h2-9,11H,10H2,1H3,(H,26,30). The predicted molar refractivity (Wildman–Crippen MR) is 112 cm³/mol. The predicted octanol–water partition coefficient (Wildman–Crippen LogP) is 3.97. The molecule has 1 N–H and O–H groups in total. The Labute approximate surface area is 183 Å². The van der Waals surface area contributed by atoms with Gasteiger partial charge in [-0.2, -0.15) is 17.9 Å². The third-order valence-corrected chi connectivity index (χ3v) is 5.31. The number of carbonyl (C=O) groups is 1. The number of anilines is 1. The molecule has 0 aliphatic heterocycles. The number of halogens is 3. The number of fused-ring (bicyclic) bond motifs is 1. The van der Waals surface area contributed by atoms with E-state index >= 15 is 0 Å². The average molecular weight is 460 g/mol. The lowest BCUT2D eigenvalue weighted by molar-refractivity contribution is -0.137. The summed E-state index contributed by atoms with van der Waals surface area (Å²) in [5.41, 5.74) is 0.788. The van der Waals surface area contributed by atoms with Crippen molar-refractivity contribution in [3.63, 3.8) is 0 Å². The maximum Gasteiger partial charge on any atom is 0.416 e. The van der Waals surface area contributed by atoms with Crippen LogP contribution in [-0.4, -0.2) is 43.7 Å². The quantitative estimate of drug-likeness (QED) is 0.344. The van der Waals surface area contributed by atoms with Gasteiger partial charge in [-0.25, -0.2) is 9.97 Å². The molecule has 2 aromatic heterocycles. The molecule has 0 saturated carbocycles. The highest BCUT2D eigenvalue weighted by Crippen LogP contribution is 2.31. The van der Waals surface area contributed by atoms with E-state index in [1.807, 2.05) is 0 Å². The molecule has 0 aliphatic carbocycles. The van der Waals surface area contributed by atoms with E-state index < -0.39 is 17.6 Å². The van der Waals surface area contributed by atoms with Crippen molar-refractivity contribution in [3.05, 3.63) is 60.4 Å². The Morgan fingerprint density at radius 3 is 2.66 bits per heavy atom. The summed E-state index contributed by atoms with van der Waals surface area (Å²) in [7, 11) is 1.57. The molecule has 0 radical (unpaired) electrons. The van der Waals surface area contributed by atoms with Gasteiger partial charge in [-0.3, -0.25) is 4.79 Å². The van der Waals surface area contributed by atoms with E-state index in [1.165, 1.54) is 23.1 Å². The van der Waals surface area contributed by atoms with Gasteiger partial charge in [-0.05, 0) is 42.5 Å². The van der Waals surface area contributed by atoms with Crippen molar-refractivity contribution in [2.75, 3.05) is 18.2 Å². The summed E-state index contributed by atoms with van der Waals surface area (Å²) in [5, 5.41) is 11.1. The molecule has 0 unspecified atom stereocenters. The molecule has 0 atom stereocenters. The SMILES string of the molecule is COc1ccc(-n2nnc3c(SCC(=O)Nc4cccc(C(F)(F)F)c4)ncnc32)cc1. The lowest BCUT2D eigenvalue weighted by atomic mass is 10.2. The van der Waals surface area contributed by atoms with Crippen LogP contribution in [0.2, 0.25) is 0 Å². The summed E-state index contributed by atoms with van der Waals surface area (Å²) in [6.45, 7) is 0. The first-order valence-corrected chi connectivity index (χ1v) is 10.1. The molecule has 2 aromatic carbocycles. The number of benzene rings is 2. The molecule has 1 amide bonds. The molecule has 0 saturated heterocycles. The number of carbonyl (C=O) groups excluding carboxylic acids is 1. The van der Waals surface area contributed by atoms with E-state index in [2.05, 4.69) is 25.6 Å². The number of amides is 1. The van der Waals surface area contributed by atoms with Gasteiger partial charge in [-0.1, -0.05) is 23.0 Å². The Kier molecular flexibility index (Phi) is 5.95. The Balaban J connectivity index is 1.48. The fraction of sp³-hybridized carbons (Fsp3) is 0.150. The smallest absolute Gasteiger partial charge is 0.416 e. The molecule has 2 heterocycles. The Hall–Kier alpha value is -3.67. The fourth-order valence-corrected chi connectivity index (χ4v) is 3.57. The molecule has 164 valence electrons. The highest BCUT2D eigenvalue weighted by atomic mass is 32.2. The molecular formula is C20H15F3N6O2S. The highest BCUT2D eigenvalue weighted by molar-refractivity contribution is 8.00. The van der Waals surface area contributed by atoms with Crippen LogP contribution in [0.3, 0.4) is 0 Å². The van der Waals surface area contributed by atoms with Gasteiger partial charge in [-0.15, -0.1) is 5.10 Å². The van der Waals surface area contributed by atoms with Gasteiger partial charge < -0.3 is 10.1 Å². The van der Waals surface area contributed by atoms with Gasteiger partial charge in [0, 0.05) is 5.69 Å². The summed E-state index contributed by atoms with van der Waals surface area (Å²) in [6, 6.07) is 11.6. The minimum atomic E-state index is -4.49. The number of nitrogens with zero attached hydrogens (tertiary/aromatic N) is 5. The first kappa shape index (κ1) is 21.6. The Morgan fingerprint density at radius 2 is 1.94 bits per heavy atom. The molecule has 4 rings (SSSR count). The number of hydrogen-bond acceptors (Lipinski definition) is 7. The van der Waals surface area contributed by atoms with Crippen LogP contribution in [0.15, 0.2) is 59.9 Å². The lowest BCUT2D eigenvalue weighted by Gasteiger charge is -2.09. The maximum absolute atomic E-state index is 12.8. The highest BCUT2D eigenvalue weighted by Gasteiger charge is 2.30. The third-order valence-electron chi connectivity index (χ3n) is 4.33. The number of aromatic nitrogens is 5. The monoisotopic (exact) mass is 460 g/mol. The first-order valence-electron chi connectivity index (χ1n) is 9.16. The van der Waals surface area contributed by atoms with Crippen LogP contribution in [0.4, 0.5) is 18.9 Å². The zero-order valence-electron chi connectivity index (χ0n) is 16.5. The topological polar surface area (TPSA) is 94.8 Å². The van der Waals surface area contributed by atoms with Crippen LogP contribution < -0.4 is 10.1 Å². The molecule has 4 aromatic rings. The molecule has 0 aliphatic rings. The zero-order chi connectivity index (χ0) is 22.7. The molecule has 0 spiro atoms. The average Bonchev–Trinajstić information content (AvgIpc) is 3.22. The van der Waals surface area contributed by atoms with Crippen LogP contribution in [0, 0.1) is 0 Å². The van der Waals surface area contributed by atoms with Crippen molar-refractivity contribution in [1.29, 1.82) is 0 Å². The van der Waals surface area contributed by atoms with Gasteiger partial charge >= 0.3 is 6.18 Å². The summed E-state index contributed by atoms with van der Waals surface area (Å²) >= 11 is 1.08. The second-order valence-electron chi connectivity index (χ2n) is 6.47. The van der Waals surface area contributed by atoms with Crippen molar-refractivity contribution < 1.29 is 22.7 Å². The van der Waals surface area contributed by atoms with Gasteiger partial charge in [0.25, 0.3) is 0 Å². The number of rotatable bonds is 6. The summed E-state index contributed by atoms with van der Waals surface area (Å²) < 4.78 is 45.2. The van der Waals surface area contributed by atoms with Gasteiger partial charge in [0.05, 0.1) is 24.1 Å². The summed E-state index contributed by atoms with van der Waals surface area (Å²) in [5.74, 6) is 0.122. The van der Waals surface area contributed by atoms with E-state index in [9.17, 15) is 18.0 Å². The molecule has 0 fully saturated rings. The van der Waals surface area contributed by atoms with Crippen LogP contribution >= 0.6 is 11.8 Å². The number of nitrogens with one attached hydrogen (secondary N) is 1. The largest absolute Gasteiger partial charge is 0.497 e. The minimum absolute atomic E-state index is 0.0590. The van der Waals surface area contributed by atoms with Crippen LogP contribution in [0.5, 0.6) is 5.75 Å². The van der Waals surface area contributed by atoms with Gasteiger partial charge in [0.15, 0.2) is 11.2 Å². The minimum Gasteiger partial charge on any atom is -0.497 e. The Bertz CT molecular complexity index is 1260. The zero-order valence-corrected chi connectivity index (χ0v) is 17.3. The first-order chi connectivity index (χ1) is 15.3. The fourth-order valence-electron chi connectivity index (χ4n) is 2.84. The molecule has 12 heteroatoms. The van der Waals surface area contributed by atoms with Crippen LogP contribution in [0.25, 0.3) is 16.9 Å². The maximum atomic E-state index is 12.8. The molecule has 8 nitrogen and oxygen atoms in total. The van der Waals surface area contributed by atoms with Crippen molar-refractivity contribution in [3.8, 4) is 11.4 Å². The van der Waals surface area contributed by atoms with E-state index in [4.69, 9.17) is 4.74 Å². The number of ether oxygens (including phenoxy) is 1. The van der Waals surface area contributed by atoms with E-state index in [1.54, 1.807) is 31.4 Å². The number of methoxy groups -OCH3 is 1. The van der Waals surface area contributed by atoms with Crippen LogP contribution in [0.1, 0.15) is 5.56 Å². The Morgan fingerprint density at radius 1 is 1.16 bits per heavy atom. The van der Waals surface area contributed by atoms with E-state index in [0.717, 1.165) is 23.9 Å². The lowest BCUT2D eigenvalue weighted by Crippen LogP contribution is -2.15. The summed E-state index contributed by atoms with van der Waals surface area (Å²) in [4.78, 5) is 20.6. The van der Waals surface area contributed by atoms with Gasteiger partial charge in [0.1, 0.15) is 17.1 Å². The van der Waals surface area contributed by atoms with E-state index in [0.29, 0.717) is 27.6 Å². The third kappa shape index (κ3) is 4.64. The van der Waals surface area contributed by atoms with E-state index in [-0.39, 0.29) is 11.4 Å². The van der Waals surface area contributed by atoms with Crippen molar-refractivity contribution in [1.82, 2.24) is 25.0 Å². The van der Waals surface area contributed by atoms with Crippen molar-refractivity contribution in [2.24, 2.45) is 0 Å². The van der Waals surface area contributed by atoms with Crippen molar-refractivity contribution in [2.45, 2.75) is 11.2 Å². The second-order valence-corrected chi connectivity index (χ2v) is 7.43. The van der Waals surface area contributed by atoms with Gasteiger partial charge in [0.2, 0.25) is 5.91 Å². The number of thioether (sulfide) groups is 1. The molecular weight excluding hydrogens is 445 g/mol. The number of hydrogen-bond donors (Lipinski definition) is 1. The normalized spacial score (nSPS) is 11.5. The molecule has 0 bridgehead atoms.